The van der Waals surface area contributed by atoms with Gasteiger partial charge in [0, 0.05) is 19.5 Å². The molecule has 1 amide bonds. The molecule has 0 spiro atoms. The number of ether oxygens (including phenoxy) is 3. The Bertz CT molecular complexity index is 1470. The quantitative estimate of drug-likeness (QED) is 0.292. The molecule has 3 aromatic rings. The lowest BCUT2D eigenvalue weighted by Crippen LogP contribution is -2.56. The summed E-state index contributed by atoms with van der Waals surface area (Å²) in [4.78, 5) is 14.0. The summed E-state index contributed by atoms with van der Waals surface area (Å²) in [5, 5.41) is 14.9. The van der Waals surface area contributed by atoms with Crippen LogP contribution >= 0.6 is 0 Å². The predicted octanol–water partition coefficient (Wildman–Crippen LogP) is 4.52. The monoisotopic (exact) mass is 610 g/mol. The van der Waals surface area contributed by atoms with Gasteiger partial charge in [-0.2, -0.15) is 4.31 Å². The zero-order valence-electron chi connectivity index (χ0n) is 25.4. The summed E-state index contributed by atoms with van der Waals surface area (Å²) in [5.41, 5.74) is 0.517. The third-order valence-electron chi connectivity index (χ3n) is 7.62. The van der Waals surface area contributed by atoms with E-state index in [2.05, 4.69) is 5.32 Å². The summed E-state index contributed by atoms with van der Waals surface area (Å²) < 4.78 is 45.7. The fourth-order valence-electron chi connectivity index (χ4n) is 5.09. The number of nitrogens with zero attached hydrogens (tertiary/aromatic N) is 1. The minimum Gasteiger partial charge on any atom is -0.497 e. The molecule has 10 heteroatoms. The van der Waals surface area contributed by atoms with Crippen LogP contribution in [0.3, 0.4) is 0 Å². The fourth-order valence-corrected chi connectivity index (χ4v) is 6.70. The van der Waals surface area contributed by atoms with E-state index in [-0.39, 0.29) is 30.0 Å². The number of hydrogen-bond donors (Lipinski definition) is 2. The first kappa shape index (κ1) is 32.5. The van der Waals surface area contributed by atoms with Gasteiger partial charge in [-0.25, -0.2) is 8.42 Å². The summed E-state index contributed by atoms with van der Waals surface area (Å²) in [6.07, 6.45) is -0.750. The number of hydrogen-bond acceptors (Lipinski definition) is 7. The van der Waals surface area contributed by atoms with Crippen LogP contribution in [0, 0.1) is 12.8 Å². The number of nitrogens with one attached hydrogen (secondary N) is 1. The second-order valence-corrected chi connectivity index (χ2v) is 13.5. The van der Waals surface area contributed by atoms with Gasteiger partial charge >= 0.3 is 0 Å². The lowest BCUT2D eigenvalue weighted by Gasteiger charge is -2.38. The normalized spacial score (nSPS) is 17.4. The Morgan fingerprint density at radius 3 is 2.40 bits per heavy atom. The summed E-state index contributed by atoms with van der Waals surface area (Å²) in [6.45, 7) is 8.41. The Labute approximate surface area is 254 Å². The number of carbonyl (C=O) groups excluding carboxylic acids is 1. The molecule has 232 valence electrons. The van der Waals surface area contributed by atoms with E-state index < -0.39 is 27.6 Å². The number of rotatable bonds is 13. The summed E-state index contributed by atoms with van der Waals surface area (Å²) >= 11 is 0. The van der Waals surface area contributed by atoms with Gasteiger partial charge in [0.15, 0.2) is 0 Å². The van der Waals surface area contributed by atoms with Gasteiger partial charge in [-0.15, -0.1) is 0 Å². The van der Waals surface area contributed by atoms with Crippen molar-refractivity contribution in [3.05, 3.63) is 89.5 Å². The highest BCUT2D eigenvalue weighted by molar-refractivity contribution is 7.89. The summed E-state index contributed by atoms with van der Waals surface area (Å²) in [6, 6.07) is 20.6. The topological polar surface area (TPSA) is 114 Å². The molecule has 1 aliphatic heterocycles. The van der Waals surface area contributed by atoms with Gasteiger partial charge < -0.3 is 24.6 Å². The van der Waals surface area contributed by atoms with Crippen LogP contribution < -0.4 is 14.8 Å². The third kappa shape index (κ3) is 7.75. The lowest BCUT2D eigenvalue weighted by molar-refractivity contribution is 0.0437. The maximum atomic E-state index is 13.9. The number of carbonyl (C=O) groups is 1. The van der Waals surface area contributed by atoms with Crippen LogP contribution in [0.5, 0.6) is 11.5 Å². The molecule has 1 aliphatic rings. The van der Waals surface area contributed by atoms with Gasteiger partial charge in [0.25, 0.3) is 5.91 Å². The molecule has 0 unspecified atom stereocenters. The second-order valence-electron chi connectivity index (χ2n) is 11.5. The molecule has 1 saturated heterocycles. The van der Waals surface area contributed by atoms with Gasteiger partial charge in [-0.05, 0) is 67.3 Å². The summed E-state index contributed by atoms with van der Waals surface area (Å²) in [5.74, 6) is 0.493. The van der Waals surface area contributed by atoms with Crippen molar-refractivity contribution in [2.24, 2.45) is 5.92 Å². The average molecular weight is 611 g/mol. The van der Waals surface area contributed by atoms with Crippen molar-refractivity contribution in [3.63, 3.8) is 0 Å². The average Bonchev–Trinajstić information content (AvgIpc) is 3.50. The van der Waals surface area contributed by atoms with Gasteiger partial charge in [0.2, 0.25) is 10.0 Å². The van der Waals surface area contributed by atoms with Crippen LogP contribution in [0.1, 0.15) is 48.7 Å². The molecule has 0 bridgehead atoms. The predicted molar refractivity (Wildman–Crippen MR) is 165 cm³/mol. The number of sulfonamides is 1. The van der Waals surface area contributed by atoms with E-state index in [4.69, 9.17) is 14.2 Å². The summed E-state index contributed by atoms with van der Waals surface area (Å²) in [7, 11) is -2.48. The number of aliphatic hydroxyl groups is 1. The SMILES string of the molecule is COc1ccc(S(=O)(=O)N(CC(C)C)C[C@@H](O)[C@@](C)(NC(=O)c2ccc(C)cc2O[C@H]2CCOC2)c2ccccc2)cc1. The van der Waals surface area contributed by atoms with E-state index in [9.17, 15) is 18.3 Å². The maximum absolute atomic E-state index is 13.9. The van der Waals surface area contributed by atoms with E-state index in [1.807, 2.05) is 51.1 Å². The van der Waals surface area contributed by atoms with Crippen LogP contribution in [0.25, 0.3) is 0 Å². The molecule has 0 aliphatic carbocycles. The Hall–Kier alpha value is -3.44. The number of benzene rings is 3. The Morgan fingerprint density at radius 1 is 1.09 bits per heavy atom. The molecule has 1 fully saturated rings. The van der Waals surface area contributed by atoms with Crippen molar-refractivity contribution in [2.75, 3.05) is 33.4 Å². The van der Waals surface area contributed by atoms with E-state index in [0.29, 0.717) is 35.8 Å². The standard InChI is InChI=1S/C33H42N2O7S/c1-23(2)20-35(43(38,39)28-14-12-26(40-5)13-15-28)21-31(36)33(4,25-9-7-6-8-10-25)34-32(37)29-16-11-24(3)19-30(29)42-27-17-18-41-22-27/h6-16,19,23,27,31,36H,17-18,20-22H2,1-5H3,(H,34,37)/t27-,31+,33-/m0/s1. The minimum atomic E-state index is -3.99. The van der Waals surface area contributed by atoms with E-state index >= 15 is 0 Å². The highest BCUT2D eigenvalue weighted by atomic mass is 32.2. The molecular weight excluding hydrogens is 568 g/mol. The van der Waals surface area contributed by atoms with Crippen molar-refractivity contribution in [3.8, 4) is 11.5 Å². The van der Waals surface area contributed by atoms with Crippen LogP contribution in [0.4, 0.5) is 0 Å². The smallest absolute Gasteiger partial charge is 0.255 e. The molecule has 43 heavy (non-hydrogen) atoms. The third-order valence-corrected chi connectivity index (χ3v) is 9.46. The minimum absolute atomic E-state index is 0.0235. The van der Waals surface area contributed by atoms with Gasteiger partial charge in [0.1, 0.15) is 17.6 Å². The largest absolute Gasteiger partial charge is 0.497 e. The van der Waals surface area contributed by atoms with Gasteiger partial charge in [-0.1, -0.05) is 50.2 Å². The van der Waals surface area contributed by atoms with E-state index in [1.54, 1.807) is 37.3 Å². The highest BCUT2D eigenvalue weighted by Crippen LogP contribution is 2.31. The Morgan fingerprint density at radius 2 is 1.79 bits per heavy atom. The molecule has 4 rings (SSSR count). The number of amides is 1. The number of methoxy groups -OCH3 is 1. The molecular formula is C33H42N2O7S. The second kappa shape index (κ2) is 13.9. The lowest BCUT2D eigenvalue weighted by atomic mass is 9.85. The van der Waals surface area contributed by atoms with E-state index in [1.165, 1.54) is 23.5 Å². The fraction of sp³-hybridized carbons (Fsp3) is 0.424. The van der Waals surface area contributed by atoms with Gasteiger partial charge in [0.05, 0.1) is 42.4 Å². The van der Waals surface area contributed by atoms with Crippen molar-refractivity contribution in [2.45, 2.75) is 56.8 Å². The van der Waals surface area contributed by atoms with Gasteiger partial charge in [-0.3, -0.25) is 4.79 Å². The maximum Gasteiger partial charge on any atom is 0.255 e. The van der Waals surface area contributed by atoms with Crippen molar-refractivity contribution in [1.29, 1.82) is 0 Å². The molecule has 0 aromatic heterocycles. The van der Waals surface area contributed by atoms with Crippen molar-refractivity contribution in [1.82, 2.24) is 9.62 Å². The number of aliphatic hydroxyl groups excluding tert-OH is 1. The zero-order valence-corrected chi connectivity index (χ0v) is 26.3. The Balaban J connectivity index is 1.67. The molecule has 3 aromatic carbocycles. The molecule has 1 heterocycles. The Kier molecular flexibility index (Phi) is 10.5. The number of aryl methyl sites for hydroxylation is 1. The molecule has 9 nitrogen and oxygen atoms in total. The molecule has 0 radical (unpaired) electrons. The zero-order chi connectivity index (χ0) is 31.2. The first-order valence-corrected chi connectivity index (χ1v) is 15.9. The van der Waals surface area contributed by atoms with Crippen LogP contribution in [-0.2, 0) is 20.3 Å². The van der Waals surface area contributed by atoms with Crippen LogP contribution in [0.2, 0.25) is 0 Å². The molecule has 0 saturated carbocycles. The van der Waals surface area contributed by atoms with E-state index in [0.717, 1.165) is 12.0 Å². The molecule has 3 atom stereocenters. The van der Waals surface area contributed by atoms with Crippen LogP contribution in [0.15, 0.2) is 77.7 Å². The highest BCUT2D eigenvalue weighted by Gasteiger charge is 2.40. The van der Waals surface area contributed by atoms with Crippen molar-refractivity contribution < 1.29 is 32.5 Å². The van der Waals surface area contributed by atoms with Crippen molar-refractivity contribution >= 4 is 15.9 Å². The van der Waals surface area contributed by atoms with Crippen LogP contribution in [-0.4, -0.2) is 69.4 Å². The molecule has 2 N–H and O–H groups in total. The first-order chi connectivity index (χ1) is 20.4. The first-order valence-electron chi connectivity index (χ1n) is 14.5.